The van der Waals surface area contributed by atoms with Gasteiger partial charge in [-0.1, -0.05) is 0 Å². The summed E-state index contributed by atoms with van der Waals surface area (Å²) < 4.78 is 10.5. The Labute approximate surface area is 134 Å². The van der Waals surface area contributed by atoms with Crippen molar-refractivity contribution < 1.29 is 18.7 Å². The van der Waals surface area contributed by atoms with Crippen LogP contribution in [0.1, 0.15) is 23.4 Å². The molecule has 8 nitrogen and oxygen atoms in total. The van der Waals surface area contributed by atoms with Gasteiger partial charge < -0.3 is 19.8 Å². The fourth-order valence-electron chi connectivity index (χ4n) is 3.26. The highest BCUT2D eigenvalue weighted by molar-refractivity contribution is 5.91. The van der Waals surface area contributed by atoms with E-state index in [1.54, 1.807) is 4.90 Å². The summed E-state index contributed by atoms with van der Waals surface area (Å²) in [5.41, 5.74) is 5.55. The summed E-state index contributed by atoms with van der Waals surface area (Å²) in [6.07, 6.45) is 4.51. The Hall–Kier alpha value is -1.93. The molecule has 2 saturated heterocycles. The van der Waals surface area contributed by atoms with Crippen molar-refractivity contribution in [3.63, 3.8) is 0 Å². The molecule has 126 valence electrons. The van der Waals surface area contributed by atoms with Gasteiger partial charge in [-0.15, -0.1) is 0 Å². The first-order valence-corrected chi connectivity index (χ1v) is 7.94. The maximum Gasteiger partial charge on any atom is 0.291 e. The van der Waals surface area contributed by atoms with Gasteiger partial charge in [-0.2, -0.15) is 0 Å². The minimum absolute atomic E-state index is 0.188. The Bertz CT molecular complexity index is 542. The molecule has 3 heterocycles. The smallest absolute Gasteiger partial charge is 0.291 e. The molecule has 0 aliphatic carbocycles. The number of nitrogens with two attached hydrogens (primary N) is 1. The van der Waals surface area contributed by atoms with Gasteiger partial charge in [-0.25, -0.2) is 4.98 Å². The minimum atomic E-state index is -0.382. The lowest BCUT2D eigenvalue weighted by Crippen LogP contribution is -2.44. The molecular formula is C15H22N4O4. The van der Waals surface area contributed by atoms with Gasteiger partial charge in [0.1, 0.15) is 0 Å². The first-order valence-electron chi connectivity index (χ1n) is 7.94. The van der Waals surface area contributed by atoms with E-state index in [1.165, 1.54) is 12.6 Å². The van der Waals surface area contributed by atoms with Crippen LogP contribution in [0.25, 0.3) is 0 Å². The molecule has 0 aromatic carbocycles. The van der Waals surface area contributed by atoms with E-state index in [2.05, 4.69) is 9.88 Å². The van der Waals surface area contributed by atoms with Gasteiger partial charge in [0, 0.05) is 45.4 Å². The second-order valence-corrected chi connectivity index (χ2v) is 6.05. The van der Waals surface area contributed by atoms with Crippen molar-refractivity contribution >= 4 is 11.8 Å². The lowest BCUT2D eigenvalue weighted by Gasteiger charge is -2.34. The summed E-state index contributed by atoms with van der Waals surface area (Å²) in [5.74, 6) is -0.818. The highest BCUT2D eigenvalue weighted by Gasteiger charge is 2.33. The molecule has 1 atom stereocenters. The molecule has 1 aromatic heterocycles. The lowest BCUT2D eigenvalue weighted by molar-refractivity contribution is -0.122. The molecule has 2 aliphatic heterocycles. The summed E-state index contributed by atoms with van der Waals surface area (Å²) in [6, 6.07) is 0.380. The molecule has 2 aliphatic rings. The topological polar surface area (TPSA) is 102 Å². The van der Waals surface area contributed by atoms with Gasteiger partial charge in [0.05, 0.1) is 12.1 Å². The number of carbonyl (C=O) groups excluding carboxylic acids is 2. The van der Waals surface area contributed by atoms with Crippen molar-refractivity contribution in [3.8, 4) is 0 Å². The molecule has 0 spiro atoms. The van der Waals surface area contributed by atoms with Crippen LogP contribution in [0.4, 0.5) is 0 Å². The zero-order valence-electron chi connectivity index (χ0n) is 13.0. The number of primary amides is 1. The maximum atomic E-state index is 12.5. The summed E-state index contributed by atoms with van der Waals surface area (Å²) in [4.78, 5) is 31.9. The normalized spacial score (nSPS) is 24.3. The van der Waals surface area contributed by atoms with E-state index in [1.807, 2.05) is 0 Å². The van der Waals surface area contributed by atoms with Crippen molar-refractivity contribution in [2.45, 2.75) is 18.9 Å². The predicted octanol–water partition coefficient (Wildman–Crippen LogP) is -0.287. The third-order valence-corrected chi connectivity index (χ3v) is 4.59. The number of hydrogen-bond acceptors (Lipinski definition) is 6. The van der Waals surface area contributed by atoms with E-state index in [0.717, 1.165) is 26.1 Å². The highest BCUT2D eigenvalue weighted by atomic mass is 16.5. The van der Waals surface area contributed by atoms with Crippen molar-refractivity contribution in [3.05, 3.63) is 18.4 Å². The third kappa shape index (κ3) is 3.70. The number of oxazole rings is 1. The molecule has 23 heavy (non-hydrogen) atoms. The Morgan fingerprint density at radius 2 is 2.00 bits per heavy atom. The minimum Gasteiger partial charge on any atom is -0.438 e. The van der Waals surface area contributed by atoms with Gasteiger partial charge in [0.2, 0.25) is 11.7 Å². The summed E-state index contributed by atoms with van der Waals surface area (Å²) in [6.45, 7) is 3.63. The first-order chi connectivity index (χ1) is 11.1. The maximum absolute atomic E-state index is 12.5. The highest BCUT2D eigenvalue weighted by Crippen LogP contribution is 2.20. The van der Waals surface area contributed by atoms with E-state index >= 15 is 0 Å². The number of nitrogens with zero attached hydrogens (tertiary/aromatic N) is 3. The molecule has 3 rings (SSSR count). The molecule has 2 amide bonds. The molecular weight excluding hydrogens is 300 g/mol. The second kappa shape index (κ2) is 7.10. The standard InChI is InChI=1S/C15H22N4O4/c16-14(20)11-8-18(12-1-5-22-6-2-12)3-4-19(9-11)15(21)13-7-17-10-23-13/h7,10-12H,1-6,8-9H2,(H2,16,20)/t11-/m1/s1. The summed E-state index contributed by atoms with van der Waals surface area (Å²) >= 11 is 0. The second-order valence-electron chi connectivity index (χ2n) is 6.05. The largest absolute Gasteiger partial charge is 0.438 e. The molecule has 2 fully saturated rings. The van der Waals surface area contributed by atoms with Gasteiger partial charge in [0.25, 0.3) is 5.91 Å². The number of hydrogen-bond donors (Lipinski definition) is 1. The molecule has 1 aromatic rings. The zero-order chi connectivity index (χ0) is 16.2. The van der Waals surface area contributed by atoms with Crippen molar-refractivity contribution in [1.82, 2.24) is 14.8 Å². The molecule has 0 unspecified atom stereocenters. The molecule has 8 heteroatoms. The van der Waals surface area contributed by atoms with Crippen LogP contribution in [0.5, 0.6) is 0 Å². The zero-order valence-corrected chi connectivity index (χ0v) is 13.0. The van der Waals surface area contributed by atoms with Crippen molar-refractivity contribution in [2.24, 2.45) is 11.7 Å². The number of amides is 2. The van der Waals surface area contributed by atoms with Crippen LogP contribution in [-0.2, 0) is 9.53 Å². The van der Waals surface area contributed by atoms with E-state index in [9.17, 15) is 9.59 Å². The Balaban J connectivity index is 1.72. The van der Waals surface area contributed by atoms with Crippen LogP contribution in [0.15, 0.2) is 17.0 Å². The quantitative estimate of drug-likeness (QED) is 0.821. The van der Waals surface area contributed by atoms with Crippen LogP contribution in [0.2, 0.25) is 0 Å². The Kier molecular flexibility index (Phi) is 4.92. The number of rotatable bonds is 3. The average molecular weight is 322 g/mol. The van der Waals surface area contributed by atoms with E-state index in [4.69, 9.17) is 14.9 Å². The SMILES string of the molecule is NC(=O)[C@H]1CN(C(=O)c2cnco2)CCN(C2CCOCC2)C1. The molecule has 0 radical (unpaired) electrons. The summed E-state index contributed by atoms with van der Waals surface area (Å²) in [7, 11) is 0. The predicted molar refractivity (Wildman–Crippen MR) is 80.5 cm³/mol. The number of ether oxygens (including phenoxy) is 1. The van der Waals surface area contributed by atoms with E-state index < -0.39 is 0 Å². The summed E-state index contributed by atoms with van der Waals surface area (Å²) in [5, 5.41) is 0. The van der Waals surface area contributed by atoms with Crippen molar-refractivity contribution in [1.29, 1.82) is 0 Å². The van der Waals surface area contributed by atoms with Gasteiger partial charge in [0.15, 0.2) is 6.39 Å². The fourth-order valence-corrected chi connectivity index (χ4v) is 3.26. The van der Waals surface area contributed by atoms with Gasteiger partial charge >= 0.3 is 0 Å². The average Bonchev–Trinajstić information content (AvgIpc) is 3.00. The fraction of sp³-hybridized carbons (Fsp3) is 0.667. The van der Waals surface area contributed by atoms with E-state index in [-0.39, 0.29) is 23.5 Å². The van der Waals surface area contributed by atoms with Crippen molar-refractivity contribution in [2.75, 3.05) is 39.4 Å². The third-order valence-electron chi connectivity index (χ3n) is 4.59. The van der Waals surface area contributed by atoms with Crippen LogP contribution in [0.3, 0.4) is 0 Å². The molecule has 0 saturated carbocycles. The van der Waals surface area contributed by atoms with Crippen LogP contribution < -0.4 is 5.73 Å². The van der Waals surface area contributed by atoms with Gasteiger partial charge in [-0.05, 0) is 12.8 Å². The van der Waals surface area contributed by atoms with E-state index in [0.29, 0.717) is 32.2 Å². The van der Waals surface area contributed by atoms with Gasteiger partial charge in [-0.3, -0.25) is 14.5 Å². The van der Waals surface area contributed by atoms with Crippen LogP contribution in [-0.4, -0.2) is 72.0 Å². The first kappa shape index (κ1) is 15.9. The molecule has 2 N–H and O–H groups in total. The van der Waals surface area contributed by atoms with Crippen LogP contribution in [0, 0.1) is 5.92 Å². The lowest BCUT2D eigenvalue weighted by atomic mass is 10.0. The number of carbonyl (C=O) groups is 2. The van der Waals surface area contributed by atoms with Crippen LogP contribution >= 0.6 is 0 Å². The number of aromatic nitrogens is 1. The monoisotopic (exact) mass is 322 g/mol. The Morgan fingerprint density at radius 3 is 2.65 bits per heavy atom. The molecule has 0 bridgehead atoms. The Morgan fingerprint density at radius 1 is 1.22 bits per heavy atom.